The molecule has 0 bridgehead atoms. The van der Waals surface area contributed by atoms with Gasteiger partial charge in [-0.2, -0.15) is 5.10 Å². The molecule has 0 radical (unpaired) electrons. The molecule has 7 heteroatoms. The average molecular weight is 233 g/mol. The van der Waals surface area contributed by atoms with Gasteiger partial charge in [-0.1, -0.05) is 0 Å². The van der Waals surface area contributed by atoms with Crippen LogP contribution >= 0.6 is 0 Å². The van der Waals surface area contributed by atoms with Gasteiger partial charge in [-0.05, 0) is 6.92 Å². The Bertz CT molecular complexity index is 524. The number of H-pyrrole nitrogens is 1. The minimum Gasteiger partial charge on any atom is -0.505 e. The van der Waals surface area contributed by atoms with Gasteiger partial charge in [0, 0.05) is 18.3 Å². The highest BCUT2D eigenvalue weighted by molar-refractivity contribution is 5.81. The number of hydrogen-bond acceptors (Lipinski definition) is 6. The van der Waals surface area contributed by atoms with Crippen molar-refractivity contribution >= 4 is 12.2 Å². The third-order valence-corrected chi connectivity index (χ3v) is 2.34. The van der Waals surface area contributed by atoms with E-state index in [4.69, 9.17) is 0 Å². The molecule has 0 saturated heterocycles. The standard InChI is InChI=1S/C10H11N5O2/c1-6-9(17)8(4-16)7(2-11-6)3-12-10-13-5-14-15-10/h2,4-5,17H,3H2,1H3,(H2,12,13,14,15). The first-order valence-electron chi connectivity index (χ1n) is 4.94. The third-order valence-electron chi connectivity index (χ3n) is 2.34. The van der Waals surface area contributed by atoms with Gasteiger partial charge in [-0.25, -0.2) is 10.1 Å². The molecule has 0 atom stereocenters. The van der Waals surface area contributed by atoms with Crippen LogP contribution in [-0.4, -0.2) is 31.6 Å². The normalized spacial score (nSPS) is 10.2. The summed E-state index contributed by atoms with van der Waals surface area (Å²) in [4.78, 5) is 18.8. The number of carbonyl (C=O) groups is 1. The number of carbonyl (C=O) groups excluding carboxylic acids is 1. The van der Waals surface area contributed by atoms with E-state index in [-0.39, 0.29) is 11.3 Å². The quantitative estimate of drug-likeness (QED) is 0.669. The topological polar surface area (TPSA) is 104 Å². The zero-order valence-corrected chi connectivity index (χ0v) is 9.14. The van der Waals surface area contributed by atoms with Crippen molar-refractivity contribution in [1.82, 2.24) is 20.2 Å². The molecule has 0 aliphatic heterocycles. The Kier molecular flexibility index (Phi) is 2.99. The summed E-state index contributed by atoms with van der Waals surface area (Å²) >= 11 is 0. The van der Waals surface area contributed by atoms with E-state index in [0.717, 1.165) is 0 Å². The zero-order chi connectivity index (χ0) is 12.3. The second kappa shape index (κ2) is 4.60. The molecule has 3 N–H and O–H groups in total. The Morgan fingerprint density at radius 1 is 1.53 bits per heavy atom. The smallest absolute Gasteiger partial charge is 0.218 e. The van der Waals surface area contributed by atoms with Crippen LogP contribution in [0.3, 0.4) is 0 Å². The van der Waals surface area contributed by atoms with Crippen LogP contribution in [0, 0.1) is 6.92 Å². The van der Waals surface area contributed by atoms with Crippen molar-refractivity contribution in [1.29, 1.82) is 0 Å². The molecule has 2 heterocycles. The van der Waals surface area contributed by atoms with E-state index in [1.807, 2.05) is 0 Å². The molecule has 0 aromatic carbocycles. The van der Waals surface area contributed by atoms with Gasteiger partial charge in [0.05, 0.1) is 11.3 Å². The number of aldehydes is 1. The molecule has 0 aliphatic rings. The molecule has 7 nitrogen and oxygen atoms in total. The van der Waals surface area contributed by atoms with E-state index >= 15 is 0 Å². The number of aromatic hydroxyl groups is 1. The maximum atomic E-state index is 10.9. The van der Waals surface area contributed by atoms with Crippen molar-refractivity contribution in [2.75, 3.05) is 5.32 Å². The summed E-state index contributed by atoms with van der Waals surface area (Å²) in [5.74, 6) is 0.402. The summed E-state index contributed by atoms with van der Waals surface area (Å²) in [5.41, 5.74) is 1.26. The number of nitrogens with zero attached hydrogens (tertiary/aromatic N) is 3. The summed E-state index contributed by atoms with van der Waals surface area (Å²) in [6.07, 6.45) is 3.53. The molecule has 2 rings (SSSR count). The third kappa shape index (κ3) is 2.22. The second-order valence-electron chi connectivity index (χ2n) is 3.44. The summed E-state index contributed by atoms with van der Waals surface area (Å²) in [6, 6.07) is 0. The Labute approximate surface area is 96.9 Å². The summed E-state index contributed by atoms with van der Waals surface area (Å²) in [5, 5.41) is 18.9. The van der Waals surface area contributed by atoms with Gasteiger partial charge in [-0.15, -0.1) is 0 Å². The monoisotopic (exact) mass is 233 g/mol. The van der Waals surface area contributed by atoms with Crippen molar-refractivity contribution < 1.29 is 9.90 Å². The highest BCUT2D eigenvalue weighted by Gasteiger charge is 2.10. The van der Waals surface area contributed by atoms with Crippen LogP contribution in [0.15, 0.2) is 12.5 Å². The molecule has 0 fully saturated rings. The summed E-state index contributed by atoms with van der Waals surface area (Å²) in [7, 11) is 0. The minimum absolute atomic E-state index is 0.0862. The molecule has 2 aromatic rings. The number of aromatic amines is 1. The van der Waals surface area contributed by atoms with Crippen molar-refractivity contribution in [3.8, 4) is 5.75 Å². The molecular weight excluding hydrogens is 222 g/mol. The van der Waals surface area contributed by atoms with Gasteiger partial charge < -0.3 is 10.4 Å². The molecule has 2 aromatic heterocycles. The van der Waals surface area contributed by atoms with Crippen LogP contribution in [0.4, 0.5) is 5.95 Å². The largest absolute Gasteiger partial charge is 0.505 e. The molecule has 0 amide bonds. The predicted molar refractivity (Wildman–Crippen MR) is 59.7 cm³/mol. The highest BCUT2D eigenvalue weighted by Crippen LogP contribution is 2.22. The van der Waals surface area contributed by atoms with Gasteiger partial charge >= 0.3 is 0 Å². The lowest BCUT2D eigenvalue weighted by Crippen LogP contribution is -2.05. The Balaban J connectivity index is 2.21. The van der Waals surface area contributed by atoms with E-state index in [9.17, 15) is 9.90 Å². The number of nitrogens with one attached hydrogen (secondary N) is 2. The molecule has 88 valence electrons. The molecule has 0 aliphatic carbocycles. The fourth-order valence-electron chi connectivity index (χ4n) is 1.39. The average Bonchev–Trinajstić information content (AvgIpc) is 2.83. The lowest BCUT2D eigenvalue weighted by atomic mass is 10.1. The molecule has 0 saturated carbocycles. The second-order valence-corrected chi connectivity index (χ2v) is 3.44. The number of rotatable bonds is 4. The van der Waals surface area contributed by atoms with Gasteiger partial charge in [0.1, 0.15) is 12.1 Å². The van der Waals surface area contributed by atoms with E-state index in [1.165, 1.54) is 6.33 Å². The summed E-state index contributed by atoms with van der Waals surface area (Å²) < 4.78 is 0. The van der Waals surface area contributed by atoms with E-state index in [0.29, 0.717) is 30.0 Å². The molecule has 0 unspecified atom stereocenters. The van der Waals surface area contributed by atoms with Gasteiger partial charge in [0.15, 0.2) is 6.29 Å². The Morgan fingerprint density at radius 2 is 2.35 bits per heavy atom. The first kappa shape index (κ1) is 11.1. The Hall–Kier alpha value is -2.44. The molecule has 17 heavy (non-hydrogen) atoms. The lowest BCUT2D eigenvalue weighted by molar-refractivity contribution is 0.112. The number of hydrogen-bond donors (Lipinski definition) is 3. The van der Waals surface area contributed by atoms with Crippen molar-refractivity contribution in [3.63, 3.8) is 0 Å². The lowest BCUT2D eigenvalue weighted by Gasteiger charge is -2.08. The molecule has 0 spiro atoms. The van der Waals surface area contributed by atoms with Crippen molar-refractivity contribution in [3.05, 3.63) is 29.3 Å². The van der Waals surface area contributed by atoms with E-state index in [1.54, 1.807) is 13.1 Å². The van der Waals surface area contributed by atoms with E-state index < -0.39 is 0 Å². The van der Waals surface area contributed by atoms with Gasteiger partial charge in [0.25, 0.3) is 0 Å². The number of aryl methyl sites for hydroxylation is 1. The maximum Gasteiger partial charge on any atom is 0.218 e. The number of anilines is 1. The number of aromatic nitrogens is 4. The fraction of sp³-hybridized carbons (Fsp3) is 0.200. The minimum atomic E-state index is -0.0862. The highest BCUT2D eigenvalue weighted by atomic mass is 16.3. The predicted octanol–water partition coefficient (Wildman–Crippen LogP) is 0.638. The van der Waals surface area contributed by atoms with Crippen LogP contribution < -0.4 is 5.32 Å². The van der Waals surface area contributed by atoms with Crippen molar-refractivity contribution in [2.45, 2.75) is 13.5 Å². The number of pyridine rings is 1. The fourth-order valence-corrected chi connectivity index (χ4v) is 1.39. The van der Waals surface area contributed by atoms with Crippen LogP contribution in [-0.2, 0) is 6.54 Å². The maximum absolute atomic E-state index is 10.9. The van der Waals surface area contributed by atoms with Crippen LogP contribution in [0.1, 0.15) is 21.6 Å². The summed E-state index contributed by atoms with van der Waals surface area (Å²) in [6.45, 7) is 1.96. The first-order chi connectivity index (χ1) is 8.22. The zero-order valence-electron chi connectivity index (χ0n) is 9.14. The van der Waals surface area contributed by atoms with Gasteiger partial charge in [0.2, 0.25) is 5.95 Å². The van der Waals surface area contributed by atoms with E-state index in [2.05, 4.69) is 25.5 Å². The van der Waals surface area contributed by atoms with Crippen molar-refractivity contribution in [2.24, 2.45) is 0 Å². The van der Waals surface area contributed by atoms with Crippen LogP contribution in [0.5, 0.6) is 5.75 Å². The van der Waals surface area contributed by atoms with Crippen LogP contribution in [0.25, 0.3) is 0 Å². The molecular formula is C10H11N5O2. The van der Waals surface area contributed by atoms with Crippen LogP contribution in [0.2, 0.25) is 0 Å². The first-order valence-corrected chi connectivity index (χ1v) is 4.94. The Morgan fingerprint density at radius 3 is 3.00 bits per heavy atom. The SMILES string of the molecule is Cc1ncc(CNc2ncn[nH]2)c(C=O)c1O. The van der Waals surface area contributed by atoms with Gasteiger partial charge in [-0.3, -0.25) is 9.78 Å².